The van der Waals surface area contributed by atoms with Gasteiger partial charge in [-0.3, -0.25) is 4.79 Å². The average Bonchev–Trinajstić information content (AvgIpc) is 3.19. The number of carbonyl (C=O) groups is 1. The molecule has 1 atom stereocenters. The Morgan fingerprint density at radius 3 is 1.24 bits per heavy atom. The number of allylic oxidation sites excluding steroid dienone is 16. The van der Waals surface area contributed by atoms with Crippen LogP contribution >= 0.6 is 0 Å². The molecule has 0 bridgehead atoms. The van der Waals surface area contributed by atoms with Crippen LogP contribution in [0.2, 0.25) is 0 Å². The molecule has 55 heavy (non-hydrogen) atoms. The largest absolute Gasteiger partial charge is 0.457 e. The first-order chi connectivity index (χ1) is 27.2. The molecule has 1 N–H and O–H groups in total. The number of unbranched alkanes of at least 4 members (excludes halogenated alkanes) is 17. The number of aliphatic hydroxyl groups is 1. The topological polar surface area (TPSA) is 55.8 Å². The van der Waals surface area contributed by atoms with Gasteiger partial charge in [0, 0.05) is 13.0 Å². The maximum atomic E-state index is 12.2. The number of aliphatic hydroxyl groups excluding tert-OH is 1. The number of rotatable bonds is 41. The quantitative estimate of drug-likeness (QED) is 0.0383. The summed E-state index contributed by atoms with van der Waals surface area (Å²) >= 11 is 0. The molecule has 4 heteroatoms. The molecule has 1 unspecified atom stereocenters. The Hall–Kier alpha value is -2.69. The minimum atomic E-state index is -0.557. The predicted molar refractivity (Wildman–Crippen MR) is 242 cm³/mol. The molecule has 0 aliphatic heterocycles. The lowest BCUT2D eigenvalue weighted by molar-refractivity contribution is -0.154. The lowest BCUT2D eigenvalue weighted by Crippen LogP contribution is -2.27. The van der Waals surface area contributed by atoms with Crippen molar-refractivity contribution in [3.8, 4) is 0 Å². The normalized spacial score (nSPS) is 13.3. The number of carbonyl (C=O) groups excluding carboxylic acids is 1. The van der Waals surface area contributed by atoms with Gasteiger partial charge in [0.15, 0.2) is 0 Å². The Labute approximate surface area is 341 Å². The average molecular weight is 763 g/mol. The van der Waals surface area contributed by atoms with E-state index in [1.165, 1.54) is 89.9 Å². The van der Waals surface area contributed by atoms with E-state index in [0.717, 1.165) is 83.5 Å². The van der Waals surface area contributed by atoms with Gasteiger partial charge >= 0.3 is 5.97 Å². The van der Waals surface area contributed by atoms with Crippen molar-refractivity contribution < 1.29 is 19.4 Å². The first-order valence-electron chi connectivity index (χ1n) is 22.8. The van der Waals surface area contributed by atoms with Crippen molar-refractivity contribution >= 4 is 5.97 Å². The highest BCUT2D eigenvalue weighted by molar-refractivity contribution is 5.69. The lowest BCUT2D eigenvalue weighted by atomic mass is 10.1. The van der Waals surface area contributed by atoms with Crippen LogP contribution in [0.5, 0.6) is 0 Å². The smallest absolute Gasteiger partial charge is 0.306 e. The van der Waals surface area contributed by atoms with Crippen LogP contribution in [-0.4, -0.2) is 37.0 Å². The Morgan fingerprint density at radius 2 is 0.818 bits per heavy atom. The van der Waals surface area contributed by atoms with Gasteiger partial charge in [0.05, 0.1) is 13.2 Å². The third kappa shape index (κ3) is 45.6. The van der Waals surface area contributed by atoms with E-state index in [1.54, 1.807) is 0 Å². The van der Waals surface area contributed by atoms with Crippen molar-refractivity contribution in [2.75, 3.05) is 19.8 Å². The zero-order chi connectivity index (χ0) is 39.8. The molecule has 0 radical (unpaired) electrons. The highest BCUT2D eigenvalue weighted by atomic mass is 16.6. The van der Waals surface area contributed by atoms with Crippen molar-refractivity contribution in [3.63, 3.8) is 0 Å². The van der Waals surface area contributed by atoms with Crippen LogP contribution in [0.4, 0.5) is 0 Å². The summed E-state index contributed by atoms with van der Waals surface area (Å²) in [5, 5.41) is 9.62. The van der Waals surface area contributed by atoms with E-state index in [0.29, 0.717) is 13.0 Å². The second-order valence-electron chi connectivity index (χ2n) is 14.7. The predicted octanol–water partition coefficient (Wildman–Crippen LogP) is 15.3. The SMILES string of the molecule is CC/C=C\C/C=C\C/C=C\C/C=C\C/C=C\CCCCCCCC(=O)OC(CO)COCCCCCCCCC/C=C\C/C=C\C/C=C\CCCCCCC. The van der Waals surface area contributed by atoms with Crippen LogP contribution in [0, 0.1) is 0 Å². The van der Waals surface area contributed by atoms with Gasteiger partial charge in [-0.15, -0.1) is 0 Å². The van der Waals surface area contributed by atoms with Gasteiger partial charge in [-0.25, -0.2) is 0 Å². The second kappa shape index (κ2) is 47.5. The highest BCUT2D eigenvalue weighted by Crippen LogP contribution is 2.12. The first kappa shape index (κ1) is 52.3. The lowest BCUT2D eigenvalue weighted by Gasteiger charge is -2.15. The summed E-state index contributed by atoms with van der Waals surface area (Å²) in [5.41, 5.74) is 0. The summed E-state index contributed by atoms with van der Waals surface area (Å²) < 4.78 is 11.2. The minimum Gasteiger partial charge on any atom is -0.457 e. The van der Waals surface area contributed by atoms with Gasteiger partial charge in [-0.05, 0) is 96.3 Å². The van der Waals surface area contributed by atoms with Gasteiger partial charge < -0.3 is 14.6 Å². The van der Waals surface area contributed by atoms with Gasteiger partial charge in [0.1, 0.15) is 6.10 Å². The van der Waals surface area contributed by atoms with Crippen molar-refractivity contribution in [3.05, 3.63) is 97.2 Å². The van der Waals surface area contributed by atoms with Crippen LogP contribution in [-0.2, 0) is 14.3 Å². The van der Waals surface area contributed by atoms with Crippen molar-refractivity contribution in [2.24, 2.45) is 0 Å². The summed E-state index contributed by atoms with van der Waals surface area (Å²) in [6, 6.07) is 0. The van der Waals surface area contributed by atoms with E-state index in [1.807, 2.05) is 0 Å². The molecule has 0 amide bonds. The van der Waals surface area contributed by atoms with Gasteiger partial charge in [-0.1, -0.05) is 188 Å². The number of hydrogen-bond donors (Lipinski definition) is 1. The van der Waals surface area contributed by atoms with Gasteiger partial charge in [0.25, 0.3) is 0 Å². The third-order valence-corrected chi connectivity index (χ3v) is 9.39. The Balaban J connectivity index is 3.54. The summed E-state index contributed by atoms with van der Waals surface area (Å²) in [7, 11) is 0. The van der Waals surface area contributed by atoms with Crippen molar-refractivity contribution in [2.45, 2.75) is 200 Å². The van der Waals surface area contributed by atoms with Crippen LogP contribution in [0.15, 0.2) is 97.2 Å². The van der Waals surface area contributed by atoms with Crippen LogP contribution in [0.1, 0.15) is 194 Å². The molecule has 0 heterocycles. The summed E-state index contributed by atoms with van der Waals surface area (Å²) in [6.07, 6.45) is 67.5. The van der Waals surface area contributed by atoms with Gasteiger partial charge in [0.2, 0.25) is 0 Å². The standard InChI is InChI=1S/C51H86O4/c1-3-5-7-9-11-13-15-17-19-21-23-25-27-29-31-33-35-37-39-41-43-45-47-54-49-50(48-52)55-51(53)46-44-42-40-38-36-34-32-30-28-26-24-22-20-18-16-14-12-10-8-6-4-2/h6,8,12,14-15,17-18,20-21,23-24,26-27,29-30,32,50,52H,3-5,7,9-11,13,16,19,22,25,28,31,33-49H2,1-2H3/b8-6-,14-12-,17-15-,20-18-,23-21-,26-24-,29-27-,32-30-. The van der Waals surface area contributed by atoms with E-state index < -0.39 is 6.10 Å². The fourth-order valence-corrected chi connectivity index (χ4v) is 6.01. The van der Waals surface area contributed by atoms with E-state index in [9.17, 15) is 9.90 Å². The summed E-state index contributed by atoms with van der Waals surface area (Å²) in [5.74, 6) is -0.226. The highest BCUT2D eigenvalue weighted by Gasteiger charge is 2.13. The number of ether oxygens (including phenoxy) is 2. The molecule has 0 saturated heterocycles. The molecule has 314 valence electrons. The summed E-state index contributed by atoms with van der Waals surface area (Å²) in [4.78, 5) is 12.2. The second-order valence-corrected chi connectivity index (χ2v) is 14.7. The summed E-state index contributed by atoms with van der Waals surface area (Å²) in [6.45, 7) is 5.17. The van der Waals surface area contributed by atoms with E-state index >= 15 is 0 Å². The Kier molecular flexibility index (Phi) is 45.1. The molecule has 0 aliphatic carbocycles. The third-order valence-electron chi connectivity index (χ3n) is 9.39. The zero-order valence-electron chi connectivity index (χ0n) is 35.9. The molecule has 0 spiro atoms. The molecule has 4 nitrogen and oxygen atoms in total. The van der Waals surface area contributed by atoms with Crippen LogP contribution < -0.4 is 0 Å². The molecule has 0 aromatic heterocycles. The number of hydrogen-bond acceptors (Lipinski definition) is 4. The molecule has 0 aliphatic rings. The zero-order valence-corrected chi connectivity index (χ0v) is 35.9. The molecule has 0 rings (SSSR count). The number of esters is 1. The van der Waals surface area contributed by atoms with Crippen molar-refractivity contribution in [1.82, 2.24) is 0 Å². The monoisotopic (exact) mass is 763 g/mol. The maximum absolute atomic E-state index is 12.2. The van der Waals surface area contributed by atoms with Gasteiger partial charge in [-0.2, -0.15) is 0 Å². The Bertz CT molecular complexity index is 1030. The first-order valence-corrected chi connectivity index (χ1v) is 22.8. The van der Waals surface area contributed by atoms with E-state index in [4.69, 9.17) is 9.47 Å². The molecule has 0 saturated carbocycles. The molecule has 0 aromatic rings. The van der Waals surface area contributed by atoms with E-state index in [-0.39, 0.29) is 19.2 Å². The van der Waals surface area contributed by atoms with Crippen molar-refractivity contribution in [1.29, 1.82) is 0 Å². The fourth-order valence-electron chi connectivity index (χ4n) is 6.01. The maximum Gasteiger partial charge on any atom is 0.306 e. The molecular formula is C51H86O4. The van der Waals surface area contributed by atoms with E-state index in [2.05, 4.69) is 111 Å². The van der Waals surface area contributed by atoms with Crippen LogP contribution in [0.25, 0.3) is 0 Å². The van der Waals surface area contributed by atoms with Crippen LogP contribution in [0.3, 0.4) is 0 Å². The fraction of sp³-hybridized carbons (Fsp3) is 0.667. The molecule has 0 aromatic carbocycles. The molecule has 0 fully saturated rings. The minimum absolute atomic E-state index is 0.190. The molecular weight excluding hydrogens is 677 g/mol. The Morgan fingerprint density at radius 1 is 0.455 bits per heavy atom.